The van der Waals surface area contributed by atoms with Crippen molar-refractivity contribution in [1.29, 1.82) is 0 Å². The number of phenolic OH excluding ortho intramolecular Hbond substituents is 1. The van der Waals surface area contributed by atoms with E-state index < -0.39 is 5.91 Å². The van der Waals surface area contributed by atoms with Crippen LogP contribution in [0.3, 0.4) is 0 Å². The van der Waals surface area contributed by atoms with Crippen LogP contribution in [0.2, 0.25) is 0 Å². The standard InChI is InChI=1S/C27H29N3O6/c1-16-24-19(29-30-26(32)18-7-4-5-9-20(18)31)8-6-10-22(24)36-25(16)27(33)28-14-13-17-11-12-21(34-2)23(15-17)35-3/h4-5,7,9,11-12,15,31H,6,8,10,13-14H2,1-3H3,(H,28,33)(H,30,32)/b29-19+. The first-order chi connectivity index (χ1) is 17.4. The second-order valence-electron chi connectivity index (χ2n) is 8.42. The van der Waals surface area contributed by atoms with Crippen molar-refractivity contribution in [2.45, 2.75) is 32.6 Å². The Bertz CT molecular complexity index is 1310. The predicted molar refractivity (Wildman–Crippen MR) is 134 cm³/mol. The number of nitrogens with zero attached hydrogens (tertiary/aromatic N) is 1. The average Bonchev–Trinajstić information content (AvgIpc) is 3.24. The summed E-state index contributed by atoms with van der Waals surface area (Å²) in [6.07, 6.45) is 2.71. The molecular weight excluding hydrogens is 462 g/mol. The van der Waals surface area contributed by atoms with E-state index in [4.69, 9.17) is 13.9 Å². The molecule has 0 fully saturated rings. The van der Waals surface area contributed by atoms with Crippen LogP contribution in [0.15, 0.2) is 52.0 Å². The van der Waals surface area contributed by atoms with Gasteiger partial charge in [-0.05, 0) is 56.0 Å². The predicted octanol–water partition coefficient (Wildman–Crippen LogP) is 3.75. The van der Waals surface area contributed by atoms with E-state index in [-0.39, 0.29) is 23.0 Å². The van der Waals surface area contributed by atoms with Crippen molar-refractivity contribution < 1.29 is 28.6 Å². The Morgan fingerprint density at radius 1 is 1.06 bits per heavy atom. The molecule has 2 aromatic carbocycles. The molecule has 9 heteroatoms. The Labute approximate surface area is 209 Å². The molecule has 0 saturated carbocycles. The minimum Gasteiger partial charge on any atom is -0.507 e. The first-order valence-corrected chi connectivity index (χ1v) is 11.7. The van der Waals surface area contributed by atoms with Crippen LogP contribution in [0.5, 0.6) is 17.2 Å². The van der Waals surface area contributed by atoms with Gasteiger partial charge in [0.2, 0.25) is 0 Å². The van der Waals surface area contributed by atoms with Gasteiger partial charge in [-0.25, -0.2) is 5.43 Å². The molecule has 0 bridgehead atoms. The van der Waals surface area contributed by atoms with Gasteiger partial charge in [-0.15, -0.1) is 0 Å². The summed E-state index contributed by atoms with van der Waals surface area (Å²) in [6.45, 7) is 2.23. The topological polar surface area (TPSA) is 122 Å². The summed E-state index contributed by atoms with van der Waals surface area (Å²) in [5.41, 5.74) is 5.73. The second kappa shape index (κ2) is 11.0. The Morgan fingerprint density at radius 3 is 2.58 bits per heavy atom. The van der Waals surface area contributed by atoms with Crippen molar-refractivity contribution in [3.63, 3.8) is 0 Å². The second-order valence-corrected chi connectivity index (χ2v) is 8.42. The van der Waals surface area contributed by atoms with Crippen molar-refractivity contribution in [2.75, 3.05) is 20.8 Å². The molecule has 1 heterocycles. The summed E-state index contributed by atoms with van der Waals surface area (Å²) < 4.78 is 16.5. The highest BCUT2D eigenvalue weighted by atomic mass is 16.5. The number of para-hydroxylation sites is 1. The summed E-state index contributed by atoms with van der Waals surface area (Å²) in [4.78, 5) is 25.4. The van der Waals surface area contributed by atoms with Gasteiger partial charge in [0.25, 0.3) is 11.8 Å². The molecule has 1 aliphatic rings. The van der Waals surface area contributed by atoms with Gasteiger partial charge in [0.15, 0.2) is 17.3 Å². The average molecular weight is 492 g/mol. The fourth-order valence-corrected chi connectivity index (χ4v) is 4.28. The van der Waals surface area contributed by atoms with Gasteiger partial charge < -0.3 is 24.3 Å². The van der Waals surface area contributed by atoms with Crippen LogP contribution in [0.1, 0.15) is 56.2 Å². The highest BCUT2D eigenvalue weighted by Gasteiger charge is 2.28. The number of aryl methyl sites for hydroxylation is 1. The van der Waals surface area contributed by atoms with Crippen molar-refractivity contribution in [1.82, 2.24) is 10.7 Å². The fraction of sp³-hybridized carbons (Fsp3) is 0.296. The molecule has 9 nitrogen and oxygen atoms in total. The smallest absolute Gasteiger partial charge is 0.287 e. The molecule has 3 N–H and O–H groups in total. The molecule has 0 unspecified atom stereocenters. The van der Waals surface area contributed by atoms with E-state index in [0.717, 1.165) is 17.5 Å². The minimum atomic E-state index is -0.512. The number of furan rings is 1. The molecule has 36 heavy (non-hydrogen) atoms. The van der Waals surface area contributed by atoms with E-state index in [1.807, 2.05) is 25.1 Å². The molecule has 4 rings (SSSR count). The molecule has 0 aliphatic heterocycles. The van der Waals surface area contributed by atoms with Crippen LogP contribution < -0.4 is 20.2 Å². The number of amides is 2. The first-order valence-electron chi connectivity index (χ1n) is 11.7. The lowest BCUT2D eigenvalue weighted by molar-refractivity contribution is 0.0922. The monoisotopic (exact) mass is 491 g/mol. The van der Waals surface area contributed by atoms with Crippen LogP contribution >= 0.6 is 0 Å². The number of hydrazone groups is 1. The number of fused-ring (bicyclic) bond motifs is 1. The normalized spacial score (nSPS) is 13.7. The van der Waals surface area contributed by atoms with Crippen LogP contribution in [0, 0.1) is 6.92 Å². The summed E-state index contributed by atoms with van der Waals surface area (Å²) in [5, 5.41) is 17.1. The van der Waals surface area contributed by atoms with Crippen LogP contribution in [-0.4, -0.2) is 43.4 Å². The Kier molecular flexibility index (Phi) is 7.58. The van der Waals surface area contributed by atoms with Crippen LogP contribution in [-0.2, 0) is 12.8 Å². The molecule has 3 aromatic rings. The molecule has 188 valence electrons. The molecule has 0 spiro atoms. The van der Waals surface area contributed by atoms with Crippen molar-refractivity contribution in [3.05, 3.63) is 76.2 Å². The molecule has 2 amide bonds. The minimum absolute atomic E-state index is 0.119. The number of aromatic hydroxyl groups is 1. The van der Waals surface area contributed by atoms with Gasteiger partial charge in [-0.2, -0.15) is 5.10 Å². The number of ether oxygens (including phenoxy) is 2. The van der Waals surface area contributed by atoms with E-state index >= 15 is 0 Å². The maximum absolute atomic E-state index is 12.9. The number of carbonyl (C=O) groups excluding carboxylic acids is 2. The Balaban J connectivity index is 1.44. The van der Waals surface area contributed by atoms with Crippen molar-refractivity contribution >= 4 is 17.5 Å². The highest BCUT2D eigenvalue weighted by molar-refractivity contribution is 6.07. The van der Waals surface area contributed by atoms with Crippen LogP contribution in [0.4, 0.5) is 0 Å². The summed E-state index contributed by atoms with van der Waals surface area (Å²) in [7, 11) is 3.17. The maximum atomic E-state index is 12.9. The van der Waals surface area contributed by atoms with Gasteiger partial charge in [0.05, 0.1) is 25.5 Å². The number of phenols is 1. The van der Waals surface area contributed by atoms with Gasteiger partial charge in [0.1, 0.15) is 11.5 Å². The van der Waals surface area contributed by atoms with E-state index in [9.17, 15) is 14.7 Å². The van der Waals surface area contributed by atoms with Gasteiger partial charge in [-0.3, -0.25) is 9.59 Å². The van der Waals surface area contributed by atoms with E-state index in [1.54, 1.807) is 26.4 Å². The number of rotatable bonds is 8. The Morgan fingerprint density at radius 2 is 1.83 bits per heavy atom. The quantitative estimate of drug-likeness (QED) is 0.413. The molecule has 0 atom stereocenters. The summed E-state index contributed by atoms with van der Waals surface area (Å²) in [6, 6.07) is 11.9. The number of hydrogen-bond acceptors (Lipinski definition) is 7. The summed E-state index contributed by atoms with van der Waals surface area (Å²) in [5.74, 6) is 1.27. The zero-order chi connectivity index (χ0) is 25.7. The molecule has 0 radical (unpaired) electrons. The third-order valence-corrected chi connectivity index (χ3v) is 6.12. The lowest BCUT2D eigenvalue weighted by Crippen LogP contribution is -2.26. The maximum Gasteiger partial charge on any atom is 0.287 e. The zero-order valence-corrected chi connectivity index (χ0v) is 20.5. The number of nitrogens with one attached hydrogen (secondary N) is 2. The van der Waals surface area contributed by atoms with Gasteiger partial charge in [-0.1, -0.05) is 18.2 Å². The SMILES string of the molecule is COc1ccc(CCNC(=O)c2oc3c(c2C)/C(=N/NC(=O)c2ccccc2O)CCC3)cc1OC. The lowest BCUT2D eigenvalue weighted by Gasteiger charge is -2.13. The molecule has 0 saturated heterocycles. The van der Waals surface area contributed by atoms with Crippen molar-refractivity contribution in [3.8, 4) is 17.2 Å². The summed E-state index contributed by atoms with van der Waals surface area (Å²) >= 11 is 0. The number of methoxy groups -OCH3 is 2. The van der Waals surface area contributed by atoms with Crippen molar-refractivity contribution in [2.24, 2.45) is 5.10 Å². The van der Waals surface area contributed by atoms with Gasteiger partial charge in [0, 0.05) is 24.1 Å². The number of carbonyl (C=O) groups is 2. The zero-order valence-electron chi connectivity index (χ0n) is 20.5. The van der Waals surface area contributed by atoms with E-state index in [0.29, 0.717) is 54.3 Å². The van der Waals surface area contributed by atoms with E-state index in [1.165, 1.54) is 12.1 Å². The molecular formula is C27H29N3O6. The first kappa shape index (κ1) is 24.8. The fourth-order valence-electron chi connectivity index (χ4n) is 4.28. The molecule has 1 aliphatic carbocycles. The Hall–Kier alpha value is -4.27. The molecule has 1 aromatic heterocycles. The number of benzene rings is 2. The number of hydrogen-bond donors (Lipinski definition) is 3. The van der Waals surface area contributed by atoms with Gasteiger partial charge >= 0.3 is 0 Å². The lowest BCUT2D eigenvalue weighted by atomic mass is 9.93. The highest BCUT2D eigenvalue weighted by Crippen LogP contribution is 2.30. The largest absolute Gasteiger partial charge is 0.507 e. The van der Waals surface area contributed by atoms with E-state index in [2.05, 4.69) is 15.8 Å². The van der Waals surface area contributed by atoms with Crippen LogP contribution in [0.25, 0.3) is 0 Å². The third-order valence-electron chi connectivity index (χ3n) is 6.12. The third kappa shape index (κ3) is 5.19.